The molecule has 0 aromatic carbocycles. The van der Waals surface area contributed by atoms with Gasteiger partial charge < -0.3 is 15.7 Å². The van der Waals surface area contributed by atoms with E-state index in [1.165, 1.54) is 11.3 Å². The Morgan fingerprint density at radius 3 is 2.72 bits per heavy atom. The number of aliphatic hydroxyl groups is 1. The van der Waals surface area contributed by atoms with E-state index in [1.807, 2.05) is 4.90 Å². The minimum Gasteiger partial charge on any atom is -0.395 e. The van der Waals surface area contributed by atoms with Crippen molar-refractivity contribution >= 4 is 17.2 Å². The van der Waals surface area contributed by atoms with Crippen LogP contribution in [0.2, 0.25) is 0 Å². The number of aromatic nitrogens is 1. The summed E-state index contributed by atoms with van der Waals surface area (Å²) < 4.78 is 0. The first-order valence-electron chi connectivity index (χ1n) is 6.01. The van der Waals surface area contributed by atoms with Gasteiger partial charge in [0.15, 0.2) is 0 Å². The minimum atomic E-state index is -0.0189. The Morgan fingerprint density at radius 1 is 1.44 bits per heavy atom. The Morgan fingerprint density at radius 2 is 2.17 bits per heavy atom. The maximum absolute atomic E-state index is 12.2. The van der Waals surface area contributed by atoms with Crippen molar-refractivity contribution in [1.82, 2.24) is 14.8 Å². The van der Waals surface area contributed by atoms with Gasteiger partial charge in [0.05, 0.1) is 6.61 Å². The van der Waals surface area contributed by atoms with Crippen LogP contribution in [-0.2, 0) is 6.54 Å². The Kier molecular flexibility index (Phi) is 4.65. The molecule has 1 aromatic rings. The molecule has 0 unspecified atom stereocenters. The van der Waals surface area contributed by atoms with Crippen LogP contribution < -0.4 is 5.73 Å². The van der Waals surface area contributed by atoms with E-state index in [-0.39, 0.29) is 12.5 Å². The summed E-state index contributed by atoms with van der Waals surface area (Å²) in [6.07, 6.45) is 0. The molecule has 1 fully saturated rings. The largest absolute Gasteiger partial charge is 0.395 e. The monoisotopic (exact) mass is 270 g/mol. The average Bonchev–Trinajstić information content (AvgIpc) is 2.88. The third kappa shape index (κ3) is 3.05. The highest BCUT2D eigenvalue weighted by Crippen LogP contribution is 2.12. The van der Waals surface area contributed by atoms with Crippen molar-refractivity contribution < 1.29 is 9.90 Å². The lowest BCUT2D eigenvalue weighted by atomic mass is 10.3. The number of thiazole rings is 1. The van der Waals surface area contributed by atoms with Gasteiger partial charge in [-0.3, -0.25) is 9.69 Å². The van der Waals surface area contributed by atoms with Crippen molar-refractivity contribution in [3.05, 3.63) is 16.1 Å². The van der Waals surface area contributed by atoms with Gasteiger partial charge in [0.2, 0.25) is 0 Å². The first-order valence-corrected chi connectivity index (χ1v) is 6.89. The molecule has 1 aliphatic heterocycles. The smallest absolute Gasteiger partial charge is 0.273 e. The van der Waals surface area contributed by atoms with Crippen molar-refractivity contribution in [1.29, 1.82) is 0 Å². The molecule has 0 radical (unpaired) electrons. The van der Waals surface area contributed by atoms with Crippen LogP contribution in [0.3, 0.4) is 0 Å². The van der Waals surface area contributed by atoms with E-state index < -0.39 is 0 Å². The van der Waals surface area contributed by atoms with Crippen molar-refractivity contribution in [2.24, 2.45) is 5.73 Å². The second-order valence-electron chi connectivity index (χ2n) is 4.19. The fourth-order valence-electron chi connectivity index (χ4n) is 1.98. The number of rotatable bonds is 4. The van der Waals surface area contributed by atoms with Gasteiger partial charge in [0.25, 0.3) is 5.91 Å². The van der Waals surface area contributed by atoms with Crippen LogP contribution >= 0.6 is 11.3 Å². The number of piperazine rings is 1. The second kappa shape index (κ2) is 6.24. The van der Waals surface area contributed by atoms with Gasteiger partial charge in [-0.25, -0.2) is 4.98 Å². The van der Waals surface area contributed by atoms with E-state index in [0.717, 1.165) is 18.1 Å². The number of nitrogens with zero attached hydrogens (tertiary/aromatic N) is 3. The number of aliphatic hydroxyl groups excluding tert-OH is 1. The molecular weight excluding hydrogens is 252 g/mol. The molecule has 6 nitrogen and oxygen atoms in total. The molecule has 100 valence electrons. The summed E-state index contributed by atoms with van der Waals surface area (Å²) in [4.78, 5) is 20.3. The molecule has 18 heavy (non-hydrogen) atoms. The number of nitrogens with two attached hydrogens (primary N) is 1. The predicted octanol–water partition coefficient (Wildman–Crippen LogP) is -0.648. The number of hydrogen-bond acceptors (Lipinski definition) is 6. The standard InChI is InChI=1S/C11H18N4O2S/c12-7-10-13-9(8-18-10)11(17)15-3-1-14(2-4-15)5-6-16/h8,16H,1-7,12H2. The van der Waals surface area contributed by atoms with E-state index in [9.17, 15) is 4.79 Å². The molecule has 1 saturated heterocycles. The van der Waals surface area contributed by atoms with Crippen LogP contribution in [0.4, 0.5) is 0 Å². The summed E-state index contributed by atoms with van der Waals surface area (Å²) in [6, 6.07) is 0. The van der Waals surface area contributed by atoms with Crippen LogP contribution in [0.1, 0.15) is 15.5 Å². The van der Waals surface area contributed by atoms with Crippen LogP contribution in [0.15, 0.2) is 5.38 Å². The van der Waals surface area contributed by atoms with Crippen molar-refractivity contribution in [3.63, 3.8) is 0 Å². The summed E-state index contributed by atoms with van der Waals surface area (Å²) >= 11 is 1.42. The molecule has 3 N–H and O–H groups in total. The molecule has 0 bridgehead atoms. The van der Waals surface area contributed by atoms with Crippen LogP contribution in [-0.4, -0.2) is 65.1 Å². The molecule has 0 saturated carbocycles. The first-order chi connectivity index (χ1) is 8.74. The zero-order valence-electron chi connectivity index (χ0n) is 10.2. The van der Waals surface area contributed by atoms with Gasteiger partial charge in [-0.1, -0.05) is 0 Å². The fraction of sp³-hybridized carbons (Fsp3) is 0.636. The van der Waals surface area contributed by atoms with E-state index >= 15 is 0 Å². The zero-order valence-corrected chi connectivity index (χ0v) is 11.0. The van der Waals surface area contributed by atoms with Gasteiger partial charge in [0, 0.05) is 44.6 Å². The van der Waals surface area contributed by atoms with E-state index in [0.29, 0.717) is 31.9 Å². The highest BCUT2D eigenvalue weighted by molar-refractivity contribution is 7.09. The fourth-order valence-corrected chi connectivity index (χ4v) is 2.63. The zero-order chi connectivity index (χ0) is 13.0. The SMILES string of the molecule is NCc1nc(C(=O)N2CCN(CCO)CC2)cs1. The Balaban J connectivity index is 1.91. The normalized spacial score (nSPS) is 17.1. The average molecular weight is 270 g/mol. The summed E-state index contributed by atoms with van der Waals surface area (Å²) in [7, 11) is 0. The van der Waals surface area contributed by atoms with Gasteiger partial charge in [0.1, 0.15) is 10.7 Å². The number of carbonyl (C=O) groups excluding carboxylic acids is 1. The Bertz CT molecular complexity index is 402. The van der Waals surface area contributed by atoms with E-state index in [1.54, 1.807) is 5.38 Å². The summed E-state index contributed by atoms with van der Waals surface area (Å²) in [5.41, 5.74) is 5.98. The number of carbonyl (C=O) groups is 1. The summed E-state index contributed by atoms with van der Waals surface area (Å²) in [5.74, 6) is -0.0189. The molecule has 0 spiro atoms. The molecule has 1 aromatic heterocycles. The van der Waals surface area contributed by atoms with Gasteiger partial charge in [-0.15, -0.1) is 11.3 Å². The highest BCUT2D eigenvalue weighted by Gasteiger charge is 2.23. The quantitative estimate of drug-likeness (QED) is 0.760. The minimum absolute atomic E-state index is 0.0189. The van der Waals surface area contributed by atoms with Gasteiger partial charge in [-0.05, 0) is 0 Å². The molecule has 0 atom stereocenters. The number of hydrogen-bond donors (Lipinski definition) is 2. The maximum Gasteiger partial charge on any atom is 0.273 e. The molecule has 7 heteroatoms. The lowest BCUT2D eigenvalue weighted by molar-refractivity contribution is 0.0610. The molecule has 0 aliphatic carbocycles. The van der Waals surface area contributed by atoms with Crippen molar-refractivity contribution in [2.75, 3.05) is 39.3 Å². The Labute approximate surface area is 110 Å². The number of β-amino-alcohol motifs (C(OH)–C–C–N with tert-alkyl or cyclic N) is 1. The Hall–Kier alpha value is -1.02. The van der Waals surface area contributed by atoms with Crippen LogP contribution in [0, 0.1) is 0 Å². The van der Waals surface area contributed by atoms with Gasteiger partial charge >= 0.3 is 0 Å². The van der Waals surface area contributed by atoms with Crippen molar-refractivity contribution in [3.8, 4) is 0 Å². The maximum atomic E-state index is 12.2. The summed E-state index contributed by atoms with van der Waals surface area (Å²) in [5, 5.41) is 11.4. The van der Waals surface area contributed by atoms with Crippen LogP contribution in [0.5, 0.6) is 0 Å². The second-order valence-corrected chi connectivity index (χ2v) is 5.13. The number of amides is 1. The van der Waals surface area contributed by atoms with Gasteiger partial charge in [-0.2, -0.15) is 0 Å². The summed E-state index contributed by atoms with van der Waals surface area (Å²) in [6.45, 7) is 4.21. The lowest BCUT2D eigenvalue weighted by Gasteiger charge is -2.33. The molecule has 1 aliphatic rings. The molecule has 2 heterocycles. The van der Waals surface area contributed by atoms with E-state index in [2.05, 4.69) is 9.88 Å². The van der Waals surface area contributed by atoms with E-state index in [4.69, 9.17) is 10.8 Å². The van der Waals surface area contributed by atoms with Crippen LogP contribution in [0.25, 0.3) is 0 Å². The highest BCUT2D eigenvalue weighted by atomic mass is 32.1. The lowest BCUT2D eigenvalue weighted by Crippen LogP contribution is -2.49. The predicted molar refractivity (Wildman–Crippen MR) is 69.4 cm³/mol. The first kappa shape index (κ1) is 13.4. The third-order valence-corrected chi connectivity index (χ3v) is 3.89. The molecular formula is C11H18N4O2S. The topological polar surface area (TPSA) is 82.7 Å². The molecule has 1 amide bonds. The van der Waals surface area contributed by atoms with Crippen molar-refractivity contribution in [2.45, 2.75) is 6.54 Å². The third-order valence-electron chi connectivity index (χ3n) is 3.02. The molecule has 2 rings (SSSR count).